The molecule has 4 nitrogen and oxygen atoms in total. The van der Waals surface area contributed by atoms with Crippen molar-refractivity contribution in [1.29, 1.82) is 0 Å². The van der Waals surface area contributed by atoms with Gasteiger partial charge in [-0.15, -0.1) is 0 Å². The lowest BCUT2D eigenvalue weighted by Gasteiger charge is -2.08. The van der Waals surface area contributed by atoms with E-state index in [1.165, 1.54) is 0 Å². The summed E-state index contributed by atoms with van der Waals surface area (Å²) in [5.41, 5.74) is 0.933. The Morgan fingerprint density at radius 2 is 1.55 bits per heavy atom. The Labute approximate surface area is 138 Å². The highest BCUT2D eigenvalue weighted by atomic mass is 35.5. The maximum atomic E-state index is 11.9. The van der Waals surface area contributed by atoms with Crippen molar-refractivity contribution in [1.82, 2.24) is 5.32 Å². The second-order valence-corrected chi connectivity index (χ2v) is 5.33. The van der Waals surface area contributed by atoms with E-state index in [1.807, 2.05) is 0 Å². The van der Waals surface area contributed by atoms with Gasteiger partial charge in [0.05, 0.1) is 21.3 Å². The number of benzene rings is 2. The van der Waals surface area contributed by atoms with Gasteiger partial charge in [-0.3, -0.25) is 9.59 Å². The van der Waals surface area contributed by atoms with Gasteiger partial charge in [-0.05, 0) is 24.3 Å². The van der Waals surface area contributed by atoms with Crippen LogP contribution in [0.5, 0.6) is 0 Å². The monoisotopic (exact) mass is 336 g/mol. The second-order valence-electron chi connectivity index (χ2n) is 4.51. The normalized spacial score (nSPS) is 10.1. The maximum Gasteiger partial charge on any atom is 0.252 e. The highest BCUT2D eigenvalue weighted by molar-refractivity contribution is 6.34. The lowest BCUT2D eigenvalue weighted by atomic mass is 10.2. The van der Waals surface area contributed by atoms with Gasteiger partial charge in [-0.2, -0.15) is 0 Å². The first-order valence-electron chi connectivity index (χ1n) is 6.65. The number of rotatable bonds is 5. The molecule has 2 aromatic carbocycles. The zero-order valence-electron chi connectivity index (χ0n) is 11.6. The third kappa shape index (κ3) is 4.48. The van der Waals surface area contributed by atoms with Crippen LogP contribution in [-0.4, -0.2) is 18.4 Å². The number of carbonyl (C=O) groups is 2. The highest BCUT2D eigenvalue weighted by Crippen LogP contribution is 2.20. The minimum Gasteiger partial charge on any atom is -0.351 e. The zero-order valence-corrected chi connectivity index (χ0v) is 13.1. The number of para-hydroxylation sites is 1. The summed E-state index contributed by atoms with van der Waals surface area (Å²) in [5.74, 6) is -0.538. The van der Waals surface area contributed by atoms with Crippen molar-refractivity contribution < 1.29 is 9.59 Å². The third-order valence-corrected chi connectivity index (χ3v) is 3.56. The van der Waals surface area contributed by atoms with Gasteiger partial charge in [-0.25, -0.2) is 0 Å². The van der Waals surface area contributed by atoms with Gasteiger partial charge in [0.15, 0.2) is 0 Å². The molecule has 0 atom stereocenters. The van der Waals surface area contributed by atoms with Crippen molar-refractivity contribution in [3.05, 3.63) is 64.1 Å². The first-order valence-corrected chi connectivity index (χ1v) is 7.40. The largest absolute Gasteiger partial charge is 0.351 e. The Hall–Kier alpha value is -2.04. The number of halogens is 2. The van der Waals surface area contributed by atoms with Crippen LogP contribution in [0.2, 0.25) is 10.0 Å². The summed E-state index contributed by atoms with van der Waals surface area (Å²) >= 11 is 11.9. The summed E-state index contributed by atoms with van der Waals surface area (Å²) in [4.78, 5) is 23.7. The van der Waals surface area contributed by atoms with Crippen molar-refractivity contribution in [3.8, 4) is 0 Å². The molecular formula is C16H14Cl2N2O2. The molecule has 0 aromatic heterocycles. The van der Waals surface area contributed by atoms with Crippen LogP contribution < -0.4 is 10.6 Å². The lowest BCUT2D eigenvalue weighted by Crippen LogP contribution is -2.27. The molecule has 0 aliphatic carbocycles. The molecule has 0 bridgehead atoms. The van der Waals surface area contributed by atoms with Crippen molar-refractivity contribution in [3.63, 3.8) is 0 Å². The van der Waals surface area contributed by atoms with E-state index in [0.29, 0.717) is 21.3 Å². The molecule has 0 aliphatic heterocycles. The van der Waals surface area contributed by atoms with Gasteiger partial charge < -0.3 is 10.6 Å². The molecule has 114 valence electrons. The molecule has 0 fully saturated rings. The summed E-state index contributed by atoms with van der Waals surface area (Å²) in [6, 6.07) is 13.7. The number of anilines is 1. The number of hydrogen-bond donors (Lipinski definition) is 2. The van der Waals surface area contributed by atoms with Crippen molar-refractivity contribution in [2.45, 2.75) is 6.42 Å². The molecule has 0 saturated heterocycles. The topological polar surface area (TPSA) is 58.2 Å². The van der Waals surface area contributed by atoms with E-state index < -0.39 is 0 Å². The molecule has 2 rings (SSSR count). The smallest absolute Gasteiger partial charge is 0.252 e. The molecule has 6 heteroatoms. The van der Waals surface area contributed by atoms with E-state index in [2.05, 4.69) is 10.6 Å². The molecular weight excluding hydrogens is 323 g/mol. The Balaban J connectivity index is 1.81. The molecule has 0 aliphatic rings. The summed E-state index contributed by atoms with van der Waals surface area (Å²) < 4.78 is 0. The third-order valence-electron chi connectivity index (χ3n) is 2.90. The van der Waals surface area contributed by atoms with Gasteiger partial charge in [0.1, 0.15) is 0 Å². The molecule has 2 N–H and O–H groups in total. The molecule has 2 aromatic rings. The highest BCUT2D eigenvalue weighted by Gasteiger charge is 2.10. The van der Waals surface area contributed by atoms with Crippen molar-refractivity contribution >= 4 is 40.7 Å². The maximum absolute atomic E-state index is 11.9. The van der Waals surface area contributed by atoms with Gasteiger partial charge >= 0.3 is 0 Å². The number of amides is 2. The number of hydrogen-bond acceptors (Lipinski definition) is 2. The molecule has 0 radical (unpaired) electrons. The fraction of sp³-hybridized carbons (Fsp3) is 0.125. The summed E-state index contributed by atoms with van der Waals surface area (Å²) in [6.45, 7) is 0.209. The van der Waals surface area contributed by atoms with Crippen LogP contribution in [0.3, 0.4) is 0 Å². The van der Waals surface area contributed by atoms with Gasteiger partial charge in [0, 0.05) is 13.0 Å². The van der Waals surface area contributed by atoms with E-state index in [4.69, 9.17) is 23.2 Å². The first-order chi connectivity index (χ1) is 10.6. The van der Waals surface area contributed by atoms with Crippen LogP contribution >= 0.6 is 23.2 Å². The Morgan fingerprint density at radius 1 is 0.909 bits per heavy atom. The Kier molecular flexibility index (Phi) is 5.81. The molecule has 22 heavy (non-hydrogen) atoms. The Morgan fingerprint density at radius 3 is 2.23 bits per heavy atom. The van der Waals surface area contributed by atoms with E-state index in [9.17, 15) is 9.59 Å². The molecule has 2 amide bonds. The predicted molar refractivity (Wildman–Crippen MR) is 88.5 cm³/mol. The summed E-state index contributed by atoms with van der Waals surface area (Å²) in [5, 5.41) is 6.18. The fourth-order valence-corrected chi connectivity index (χ4v) is 2.21. The second kappa shape index (κ2) is 7.82. The van der Waals surface area contributed by atoms with Crippen LogP contribution in [-0.2, 0) is 4.79 Å². The van der Waals surface area contributed by atoms with Crippen molar-refractivity contribution in [2.75, 3.05) is 11.9 Å². The quantitative estimate of drug-likeness (QED) is 0.873. The Bertz CT molecular complexity index is 689. The molecule has 0 unspecified atom stereocenters. The van der Waals surface area contributed by atoms with Gasteiger partial charge in [-0.1, -0.05) is 47.5 Å². The van der Waals surface area contributed by atoms with E-state index >= 15 is 0 Å². The predicted octanol–water partition coefficient (Wildman–Crippen LogP) is 3.75. The average Bonchev–Trinajstić information content (AvgIpc) is 2.50. The lowest BCUT2D eigenvalue weighted by molar-refractivity contribution is -0.116. The van der Waals surface area contributed by atoms with Crippen LogP contribution in [0, 0.1) is 0 Å². The molecule has 0 saturated carbocycles. The molecule has 0 heterocycles. The van der Waals surface area contributed by atoms with Crippen LogP contribution in [0.15, 0.2) is 48.5 Å². The number of nitrogens with one attached hydrogen (secondary N) is 2. The summed E-state index contributed by atoms with van der Waals surface area (Å²) in [6.07, 6.45) is 0.140. The first kappa shape index (κ1) is 16.3. The van der Waals surface area contributed by atoms with Crippen LogP contribution in [0.4, 0.5) is 5.69 Å². The summed E-state index contributed by atoms with van der Waals surface area (Å²) in [7, 11) is 0. The minimum absolute atomic E-state index is 0.140. The van der Waals surface area contributed by atoms with Crippen LogP contribution in [0.1, 0.15) is 16.8 Å². The SMILES string of the molecule is O=C(CCNC(=O)c1ccccc1Cl)Nc1ccccc1Cl. The van der Waals surface area contributed by atoms with E-state index in [-0.39, 0.29) is 24.8 Å². The van der Waals surface area contributed by atoms with Gasteiger partial charge in [0.25, 0.3) is 5.91 Å². The van der Waals surface area contributed by atoms with E-state index in [0.717, 1.165) is 0 Å². The molecule has 0 spiro atoms. The fourth-order valence-electron chi connectivity index (χ4n) is 1.81. The zero-order chi connectivity index (χ0) is 15.9. The number of carbonyl (C=O) groups excluding carboxylic acids is 2. The van der Waals surface area contributed by atoms with Crippen LogP contribution in [0.25, 0.3) is 0 Å². The van der Waals surface area contributed by atoms with Crippen molar-refractivity contribution in [2.24, 2.45) is 0 Å². The van der Waals surface area contributed by atoms with E-state index in [1.54, 1.807) is 48.5 Å². The van der Waals surface area contributed by atoms with Gasteiger partial charge in [0.2, 0.25) is 5.91 Å². The average molecular weight is 337 g/mol. The standard InChI is InChI=1S/C16H14Cl2N2O2/c17-12-6-2-1-5-11(12)16(22)19-10-9-15(21)20-14-8-4-3-7-13(14)18/h1-8H,9-10H2,(H,19,22)(H,20,21). The minimum atomic E-state index is -0.309.